The number of hydrogen-bond acceptors (Lipinski definition) is 7. The molecule has 0 bridgehead atoms. The van der Waals surface area contributed by atoms with Crippen molar-refractivity contribution in [3.8, 4) is 5.75 Å². The van der Waals surface area contributed by atoms with Crippen LogP contribution >= 0.6 is 15.9 Å². The van der Waals surface area contributed by atoms with E-state index in [0.29, 0.717) is 4.47 Å². The lowest BCUT2D eigenvalue weighted by Gasteiger charge is -2.14. The molecule has 0 amide bonds. The minimum absolute atomic E-state index is 0.0535. The van der Waals surface area contributed by atoms with Crippen LogP contribution in [0.15, 0.2) is 32.6 Å². The Morgan fingerprint density at radius 1 is 1.17 bits per heavy atom. The minimum atomic E-state index is -4.52. The summed E-state index contributed by atoms with van der Waals surface area (Å²) in [5.41, 5.74) is -0.866. The number of halogens is 1. The van der Waals surface area contributed by atoms with Gasteiger partial charge in [-0.25, -0.2) is 9.59 Å². The first-order valence-electron chi connectivity index (χ1n) is 6.00. The van der Waals surface area contributed by atoms with Gasteiger partial charge in [0, 0.05) is 10.0 Å². The maximum absolute atomic E-state index is 11.9. The molecule has 10 heteroatoms. The number of hydrogen-bond donors (Lipinski definition) is 0. The number of nitrogens with zero attached hydrogens (tertiary/aromatic N) is 1. The van der Waals surface area contributed by atoms with Gasteiger partial charge in [-0.05, 0) is 24.3 Å². The van der Waals surface area contributed by atoms with Crippen molar-refractivity contribution < 1.29 is 31.7 Å². The Bertz CT molecular complexity index is 842. The molecule has 0 unspecified atom stereocenters. The molecule has 0 fully saturated rings. The van der Waals surface area contributed by atoms with Crippen LogP contribution in [0.4, 0.5) is 0 Å². The second-order valence-electron chi connectivity index (χ2n) is 4.17. The van der Waals surface area contributed by atoms with Crippen molar-refractivity contribution in [1.82, 2.24) is 0 Å². The molecule has 1 aliphatic heterocycles. The highest BCUT2D eigenvalue weighted by Gasteiger charge is 2.30. The molecule has 0 saturated heterocycles. The van der Waals surface area contributed by atoms with Crippen LogP contribution in [0.3, 0.4) is 0 Å². The molecule has 0 aliphatic carbocycles. The first kappa shape index (κ1) is 17.2. The minimum Gasteiger partial charge on any atom is -0.465 e. The van der Waals surface area contributed by atoms with Crippen LogP contribution in [-0.2, 0) is 29.4 Å². The molecule has 1 aromatic carbocycles. The third kappa shape index (κ3) is 3.77. The van der Waals surface area contributed by atoms with E-state index in [1.54, 1.807) is 6.07 Å². The molecular weight excluding hydrogens is 394 g/mol. The lowest BCUT2D eigenvalue weighted by atomic mass is 10.1. The van der Waals surface area contributed by atoms with E-state index in [9.17, 15) is 18.0 Å². The van der Waals surface area contributed by atoms with Crippen molar-refractivity contribution in [2.75, 3.05) is 14.2 Å². The SMILES string of the molecule is COC(=O)C1=C/c2cc(Br)ccc2OS(=O)(=O)/N=C\1C(=O)OC. The Balaban J connectivity index is 2.80. The van der Waals surface area contributed by atoms with Crippen LogP contribution < -0.4 is 4.18 Å². The van der Waals surface area contributed by atoms with E-state index in [-0.39, 0.29) is 16.9 Å². The highest BCUT2D eigenvalue weighted by atomic mass is 79.9. The van der Waals surface area contributed by atoms with Gasteiger partial charge in [0.15, 0.2) is 11.5 Å². The van der Waals surface area contributed by atoms with Gasteiger partial charge >= 0.3 is 22.2 Å². The van der Waals surface area contributed by atoms with Gasteiger partial charge in [-0.3, -0.25) is 0 Å². The lowest BCUT2D eigenvalue weighted by Crippen LogP contribution is -2.27. The van der Waals surface area contributed by atoms with Crippen LogP contribution in [0.2, 0.25) is 0 Å². The largest absolute Gasteiger partial charge is 0.465 e. The molecule has 0 N–H and O–H groups in total. The monoisotopic (exact) mass is 403 g/mol. The van der Waals surface area contributed by atoms with Crippen LogP contribution in [0.1, 0.15) is 5.56 Å². The molecule has 1 heterocycles. The number of fused-ring (bicyclic) bond motifs is 1. The topological polar surface area (TPSA) is 108 Å². The second kappa shape index (κ2) is 6.50. The van der Waals surface area contributed by atoms with Crippen LogP contribution in [0.25, 0.3) is 6.08 Å². The number of carbonyl (C=O) groups is 2. The standard InChI is InChI=1S/C13H10BrNO7S/c1-20-12(16)9-6-7-5-8(14)3-4-10(7)22-23(18,19)15-11(9)13(17)21-2/h3-6H,1-2H3/b9-6+,15-11+. The van der Waals surface area contributed by atoms with Crippen molar-refractivity contribution in [3.05, 3.63) is 33.8 Å². The summed E-state index contributed by atoms with van der Waals surface area (Å²) < 4.78 is 41.6. The molecule has 0 spiro atoms. The summed E-state index contributed by atoms with van der Waals surface area (Å²) in [5.74, 6) is -2.12. The fraction of sp³-hybridized carbons (Fsp3) is 0.154. The molecular formula is C13H10BrNO7S. The summed E-state index contributed by atoms with van der Waals surface area (Å²) in [5, 5.41) is 0. The molecule has 122 valence electrons. The zero-order valence-electron chi connectivity index (χ0n) is 11.9. The maximum atomic E-state index is 11.9. The van der Waals surface area contributed by atoms with Crippen LogP contribution in [-0.4, -0.2) is 40.3 Å². The third-order valence-electron chi connectivity index (χ3n) is 2.71. The molecule has 0 aromatic heterocycles. The second-order valence-corrected chi connectivity index (χ2v) is 6.29. The number of carbonyl (C=O) groups excluding carboxylic acids is 2. The first-order valence-corrected chi connectivity index (χ1v) is 8.16. The van der Waals surface area contributed by atoms with Gasteiger partial charge in [0.2, 0.25) is 0 Å². The predicted octanol–water partition coefficient (Wildman–Crippen LogP) is 1.26. The van der Waals surface area contributed by atoms with Crippen LogP contribution in [0, 0.1) is 0 Å². The number of benzene rings is 1. The Hall–Kier alpha value is -2.20. The Labute approximate surface area is 140 Å². The Morgan fingerprint density at radius 3 is 2.43 bits per heavy atom. The van der Waals surface area contributed by atoms with E-state index in [4.69, 9.17) is 4.18 Å². The zero-order chi connectivity index (χ0) is 17.2. The lowest BCUT2D eigenvalue weighted by molar-refractivity contribution is -0.137. The van der Waals surface area contributed by atoms with Gasteiger partial charge in [0.25, 0.3) is 0 Å². The third-order valence-corrected chi connectivity index (χ3v) is 4.00. The average molecular weight is 404 g/mol. The van der Waals surface area contributed by atoms with E-state index in [0.717, 1.165) is 14.2 Å². The number of rotatable bonds is 2. The Morgan fingerprint density at radius 2 is 1.83 bits per heavy atom. The van der Waals surface area contributed by atoms with Gasteiger partial charge < -0.3 is 13.7 Å². The van der Waals surface area contributed by atoms with E-state index in [1.807, 2.05) is 0 Å². The van der Waals surface area contributed by atoms with Gasteiger partial charge in [-0.15, -0.1) is 4.40 Å². The highest BCUT2D eigenvalue weighted by molar-refractivity contribution is 9.10. The van der Waals surface area contributed by atoms with Crippen molar-refractivity contribution >= 4 is 50.0 Å². The zero-order valence-corrected chi connectivity index (χ0v) is 14.3. The quantitative estimate of drug-likeness (QED) is 0.683. The average Bonchev–Trinajstić information content (AvgIpc) is 2.50. The fourth-order valence-electron chi connectivity index (χ4n) is 1.73. The molecule has 1 aromatic rings. The number of esters is 2. The van der Waals surface area contributed by atoms with E-state index in [1.165, 1.54) is 18.2 Å². The van der Waals surface area contributed by atoms with Gasteiger partial charge in [-0.2, -0.15) is 8.42 Å². The number of ether oxygens (including phenoxy) is 2. The van der Waals surface area contributed by atoms with Crippen LogP contribution in [0.5, 0.6) is 5.75 Å². The summed E-state index contributed by atoms with van der Waals surface area (Å²) in [6, 6.07) is 4.43. The van der Waals surface area contributed by atoms with Crippen molar-refractivity contribution in [1.29, 1.82) is 0 Å². The summed E-state index contributed by atoms with van der Waals surface area (Å²) >= 11 is 3.22. The first-order chi connectivity index (χ1) is 10.8. The molecule has 2 rings (SSSR count). The molecule has 0 atom stereocenters. The number of methoxy groups -OCH3 is 2. The predicted molar refractivity (Wildman–Crippen MR) is 83.1 cm³/mol. The molecule has 8 nitrogen and oxygen atoms in total. The normalized spacial score (nSPS) is 20.3. The van der Waals surface area contributed by atoms with E-state index < -0.39 is 28.0 Å². The molecule has 0 radical (unpaired) electrons. The van der Waals surface area contributed by atoms with E-state index in [2.05, 4.69) is 29.8 Å². The smallest absolute Gasteiger partial charge is 0.429 e. The molecule has 1 aliphatic rings. The summed E-state index contributed by atoms with van der Waals surface area (Å²) in [6.45, 7) is 0. The van der Waals surface area contributed by atoms with Gasteiger partial charge in [-0.1, -0.05) is 15.9 Å². The van der Waals surface area contributed by atoms with E-state index >= 15 is 0 Å². The Kier molecular flexibility index (Phi) is 4.85. The fourth-order valence-corrected chi connectivity index (χ4v) is 2.93. The van der Waals surface area contributed by atoms with Crippen molar-refractivity contribution in [2.45, 2.75) is 0 Å². The van der Waals surface area contributed by atoms with Crippen molar-refractivity contribution in [2.24, 2.45) is 4.40 Å². The van der Waals surface area contributed by atoms with Gasteiger partial charge in [0.05, 0.1) is 19.8 Å². The van der Waals surface area contributed by atoms with Gasteiger partial charge in [0.1, 0.15) is 0 Å². The summed E-state index contributed by atoms with van der Waals surface area (Å²) in [7, 11) is -2.41. The summed E-state index contributed by atoms with van der Waals surface area (Å²) in [6.07, 6.45) is 1.23. The maximum Gasteiger partial charge on any atom is 0.429 e. The molecule has 0 saturated carbocycles. The summed E-state index contributed by atoms with van der Waals surface area (Å²) in [4.78, 5) is 23.7. The highest BCUT2D eigenvalue weighted by Crippen LogP contribution is 2.29. The molecule has 23 heavy (non-hydrogen) atoms. The van der Waals surface area contributed by atoms with Crippen molar-refractivity contribution in [3.63, 3.8) is 0 Å².